The minimum atomic E-state index is -0.0903. The number of rotatable bonds is 21. The highest BCUT2D eigenvalue weighted by Crippen LogP contribution is 2.19. The van der Waals surface area contributed by atoms with Crippen molar-refractivity contribution in [1.29, 1.82) is 0 Å². The van der Waals surface area contributed by atoms with Crippen LogP contribution in [0.25, 0.3) is 0 Å². The quantitative estimate of drug-likeness (QED) is 0.150. The molecule has 0 aromatic rings. The zero-order valence-corrected chi connectivity index (χ0v) is 21.7. The van der Waals surface area contributed by atoms with Crippen LogP contribution in [0.2, 0.25) is 0 Å². The second-order valence-corrected chi connectivity index (χ2v) is 8.97. The van der Waals surface area contributed by atoms with E-state index in [-0.39, 0.29) is 6.29 Å². The number of likely N-dealkylation sites (N-methyl/N-ethyl adjacent to an activating group) is 1. The lowest BCUT2D eigenvalue weighted by molar-refractivity contribution is -0.134. The molecule has 0 bridgehead atoms. The van der Waals surface area contributed by atoms with Gasteiger partial charge in [-0.05, 0) is 33.4 Å². The van der Waals surface area contributed by atoms with Crippen molar-refractivity contribution in [2.24, 2.45) is 0 Å². The Bertz CT molecular complexity index is 333. The highest BCUT2D eigenvalue weighted by atomic mass is 16.7. The zero-order chi connectivity index (χ0) is 23.0. The molecular formula is C26H55NO4. The van der Waals surface area contributed by atoms with Crippen molar-refractivity contribution >= 4 is 0 Å². The third-order valence-corrected chi connectivity index (χ3v) is 5.73. The van der Waals surface area contributed by atoms with Crippen molar-refractivity contribution in [2.45, 2.75) is 116 Å². The smallest absolute Gasteiger partial charge is 0.157 e. The molecule has 2 atom stereocenters. The number of unbranched alkanes of at least 4 members (excludes halogenated alkanes) is 10. The van der Waals surface area contributed by atoms with Gasteiger partial charge in [-0.1, -0.05) is 84.5 Å². The molecule has 31 heavy (non-hydrogen) atoms. The van der Waals surface area contributed by atoms with E-state index < -0.39 is 0 Å². The van der Waals surface area contributed by atoms with Crippen LogP contribution in [-0.2, 0) is 18.9 Å². The topological polar surface area (TPSA) is 40.2 Å². The molecule has 0 amide bonds. The van der Waals surface area contributed by atoms with E-state index in [0.29, 0.717) is 19.3 Å². The van der Waals surface area contributed by atoms with Gasteiger partial charge in [-0.15, -0.1) is 0 Å². The molecule has 0 aliphatic carbocycles. The second-order valence-electron chi connectivity index (χ2n) is 8.97. The van der Waals surface area contributed by atoms with Crippen LogP contribution in [0.4, 0.5) is 0 Å². The Labute approximate surface area is 194 Å². The fourth-order valence-electron chi connectivity index (χ4n) is 3.49. The molecule has 0 aromatic heterocycles. The Kier molecular flexibility index (Phi) is 24.3. The highest BCUT2D eigenvalue weighted by molar-refractivity contribution is 4.65. The van der Waals surface area contributed by atoms with E-state index in [1.54, 1.807) is 7.11 Å². The summed E-state index contributed by atoms with van der Waals surface area (Å²) in [6.07, 6.45) is 19.9. The standard InChI is InChI=1S/C16H32O.C10H23NO3/c1-2-3-4-5-6-7-8-9-10-11-12-13-16-14-15-17-16;1-5-10(12-4)14-9-8-13-7-6-11(2)3/h16H,2-15H2,1H3;10H,5-9H2,1-4H3. The molecule has 0 aromatic carbocycles. The number of ether oxygens (including phenoxy) is 4. The van der Waals surface area contributed by atoms with Gasteiger partial charge in [0.1, 0.15) is 0 Å². The van der Waals surface area contributed by atoms with Crippen LogP contribution >= 0.6 is 0 Å². The van der Waals surface area contributed by atoms with Crippen LogP contribution < -0.4 is 0 Å². The van der Waals surface area contributed by atoms with Crippen LogP contribution in [-0.4, -0.2) is 71.5 Å². The van der Waals surface area contributed by atoms with Crippen LogP contribution in [0.5, 0.6) is 0 Å². The highest BCUT2D eigenvalue weighted by Gasteiger charge is 2.16. The molecule has 1 rings (SSSR count). The maximum atomic E-state index is 5.42. The van der Waals surface area contributed by atoms with Crippen LogP contribution in [0.1, 0.15) is 104 Å². The molecule has 5 heteroatoms. The Hall–Kier alpha value is -0.200. The van der Waals surface area contributed by atoms with Gasteiger partial charge in [0.2, 0.25) is 0 Å². The summed E-state index contributed by atoms with van der Waals surface area (Å²) in [6.45, 7) is 8.26. The fourth-order valence-corrected chi connectivity index (χ4v) is 3.49. The van der Waals surface area contributed by atoms with Gasteiger partial charge >= 0.3 is 0 Å². The fraction of sp³-hybridized carbons (Fsp3) is 1.00. The first-order valence-corrected chi connectivity index (χ1v) is 13.1. The molecule has 0 N–H and O–H groups in total. The molecule has 0 spiro atoms. The van der Waals surface area contributed by atoms with Crippen molar-refractivity contribution in [3.63, 3.8) is 0 Å². The average Bonchev–Trinajstić information content (AvgIpc) is 2.73. The first-order valence-electron chi connectivity index (χ1n) is 13.1. The first-order chi connectivity index (χ1) is 15.1. The molecule has 0 saturated carbocycles. The molecule has 1 heterocycles. The van der Waals surface area contributed by atoms with Gasteiger partial charge in [0.25, 0.3) is 0 Å². The zero-order valence-electron chi connectivity index (χ0n) is 21.7. The maximum absolute atomic E-state index is 5.42. The molecular weight excluding hydrogens is 390 g/mol. The largest absolute Gasteiger partial charge is 0.378 e. The Balaban J connectivity index is 0.000000594. The van der Waals surface area contributed by atoms with Gasteiger partial charge in [0.05, 0.1) is 25.9 Å². The predicted octanol–water partition coefficient (Wildman–Crippen LogP) is 6.44. The van der Waals surface area contributed by atoms with E-state index in [4.69, 9.17) is 18.9 Å². The molecule has 2 unspecified atom stereocenters. The van der Waals surface area contributed by atoms with Crippen LogP contribution in [0.15, 0.2) is 0 Å². The first kappa shape index (κ1) is 30.8. The van der Waals surface area contributed by atoms with Crippen molar-refractivity contribution in [1.82, 2.24) is 4.90 Å². The number of hydrogen-bond donors (Lipinski definition) is 0. The number of hydrogen-bond acceptors (Lipinski definition) is 5. The van der Waals surface area contributed by atoms with E-state index in [1.807, 2.05) is 21.0 Å². The number of methoxy groups -OCH3 is 1. The summed E-state index contributed by atoms with van der Waals surface area (Å²) in [6, 6.07) is 0. The summed E-state index contributed by atoms with van der Waals surface area (Å²) >= 11 is 0. The summed E-state index contributed by atoms with van der Waals surface area (Å²) < 4.78 is 21.2. The minimum Gasteiger partial charge on any atom is -0.378 e. The van der Waals surface area contributed by atoms with Gasteiger partial charge in [-0.2, -0.15) is 0 Å². The van der Waals surface area contributed by atoms with Gasteiger partial charge in [0, 0.05) is 20.3 Å². The molecule has 1 aliphatic heterocycles. The Morgan fingerprint density at radius 3 is 1.87 bits per heavy atom. The maximum Gasteiger partial charge on any atom is 0.157 e. The average molecular weight is 446 g/mol. The van der Waals surface area contributed by atoms with Crippen LogP contribution in [0.3, 0.4) is 0 Å². The molecule has 1 aliphatic rings. The third kappa shape index (κ3) is 22.8. The molecule has 1 saturated heterocycles. The van der Waals surface area contributed by atoms with E-state index in [9.17, 15) is 0 Å². The van der Waals surface area contributed by atoms with E-state index >= 15 is 0 Å². The lowest BCUT2D eigenvalue weighted by atomic mass is 10.0. The monoisotopic (exact) mass is 445 g/mol. The third-order valence-electron chi connectivity index (χ3n) is 5.73. The van der Waals surface area contributed by atoms with Crippen molar-refractivity contribution < 1.29 is 18.9 Å². The Morgan fingerprint density at radius 2 is 1.42 bits per heavy atom. The summed E-state index contributed by atoms with van der Waals surface area (Å²) in [4.78, 5) is 2.09. The summed E-state index contributed by atoms with van der Waals surface area (Å²) in [5.74, 6) is 0. The minimum absolute atomic E-state index is 0.0903. The van der Waals surface area contributed by atoms with Crippen molar-refractivity contribution in [3.8, 4) is 0 Å². The summed E-state index contributed by atoms with van der Waals surface area (Å²) in [7, 11) is 5.71. The van der Waals surface area contributed by atoms with Crippen LogP contribution in [0, 0.1) is 0 Å². The van der Waals surface area contributed by atoms with E-state index in [1.165, 1.54) is 83.5 Å². The van der Waals surface area contributed by atoms with Gasteiger partial charge in [0.15, 0.2) is 6.29 Å². The van der Waals surface area contributed by atoms with Crippen molar-refractivity contribution in [3.05, 3.63) is 0 Å². The lowest BCUT2D eigenvalue weighted by Crippen LogP contribution is -2.26. The molecule has 1 fully saturated rings. The van der Waals surface area contributed by atoms with Crippen molar-refractivity contribution in [2.75, 3.05) is 54.2 Å². The van der Waals surface area contributed by atoms with Gasteiger partial charge < -0.3 is 23.8 Å². The Morgan fingerprint density at radius 1 is 0.839 bits per heavy atom. The van der Waals surface area contributed by atoms with E-state index in [2.05, 4.69) is 11.8 Å². The number of nitrogens with zero attached hydrogens (tertiary/aromatic N) is 1. The lowest BCUT2D eigenvalue weighted by Gasteiger charge is -2.26. The van der Waals surface area contributed by atoms with Gasteiger partial charge in [-0.3, -0.25) is 0 Å². The predicted molar refractivity (Wildman–Crippen MR) is 132 cm³/mol. The van der Waals surface area contributed by atoms with Gasteiger partial charge in [-0.25, -0.2) is 0 Å². The van der Waals surface area contributed by atoms with E-state index in [0.717, 1.165) is 26.2 Å². The second kappa shape index (κ2) is 24.4. The molecule has 0 radical (unpaired) electrons. The molecule has 188 valence electrons. The SMILES string of the molecule is CCC(OC)OCCOCCN(C)C.CCCCCCCCCCCCCC1CCO1. The summed E-state index contributed by atoms with van der Waals surface area (Å²) in [5.41, 5.74) is 0. The summed E-state index contributed by atoms with van der Waals surface area (Å²) in [5, 5.41) is 0. The molecule has 5 nitrogen and oxygen atoms in total. The normalized spacial score (nSPS) is 16.6.